The highest BCUT2D eigenvalue weighted by Crippen LogP contribution is 2.33. The lowest BCUT2D eigenvalue weighted by atomic mass is 9.85. The van der Waals surface area contributed by atoms with E-state index in [9.17, 15) is 4.79 Å². The van der Waals surface area contributed by atoms with Crippen molar-refractivity contribution in [1.82, 2.24) is 10.6 Å². The molecule has 1 heterocycles. The van der Waals surface area contributed by atoms with Crippen LogP contribution in [0.1, 0.15) is 50.2 Å². The van der Waals surface area contributed by atoms with Crippen molar-refractivity contribution in [2.45, 2.75) is 64.6 Å². The summed E-state index contributed by atoms with van der Waals surface area (Å²) in [5.74, 6) is 1.62. The monoisotopic (exact) mass is 360 g/mol. The molecule has 2 aliphatic rings. The van der Waals surface area contributed by atoms with Crippen LogP contribution in [-0.4, -0.2) is 37.8 Å². The van der Waals surface area contributed by atoms with Gasteiger partial charge in [0.1, 0.15) is 12.4 Å². The maximum atomic E-state index is 12.6. The van der Waals surface area contributed by atoms with Gasteiger partial charge in [-0.3, -0.25) is 4.79 Å². The molecular formula is C21H32N2O3. The number of nitrogens with one attached hydrogen (secondary N) is 2. The molecule has 1 saturated carbocycles. The quantitative estimate of drug-likeness (QED) is 0.700. The van der Waals surface area contributed by atoms with Crippen molar-refractivity contribution in [2.75, 3.05) is 19.8 Å². The van der Waals surface area contributed by atoms with Crippen LogP contribution < -0.4 is 15.4 Å². The number of amides is 1. The number of carbonyl (C=O) groups excluding carboxylic acids is 1. The highest BCUT2D eigenvalue weighted by molar-refractivity contribution is 5.82. The summed E-state index contributed by atoms with van der Waals surface area (Å²) >= 11 is 0. The second kappa shape index (κ2) is 9.38. The highest BCUT2D eigenvalue weighted by Gasteiger charge is 2.38. The van der Waals surface area contributed by atoms with Crippen LogP contribution in [0.5, 0.6) is 5.75 Å². The van der Waals surface area contributed by atoms with Gasteiger partial charge in [-0.05, 0) is 50.7 Å². The number of aryl methyl sites for hydroxylation is 1. The first-order valence-electron chi connectivity index (χ1n) is 10.0. The van der Waals surface area contributed by atoms with Gasteiger partial charge in [-0.25, -0.2) is 0 Å². The summed E-state index contributed by atoms with van der Waals surface area (Å²) in [6.07, 6.45) is 6.04. The van der Waals surface area contributed by atoms with Crippen molar-refractivity contribution in [3.63, 3.8) is 0 Å². The molecule has 1 aliphatic carbocycles. The van der Waals surface area contributed by atoms with Gasteiger partial charge in [0.25, 0.3) is 0 Å². The summed E-state index contributed by atoms with van der Waals surface area (Å²) in [5.41, 5.74) is 2.16. The third-order valence-electron chi connectivity index (χ3n) is 5.54. The molecule has 1 saturated heterocycles. The number of fused-ring (bicyclic) bond motifs is 1. The molecule has 3 rings (SSSR count). The van der Waals surface area contributed by atoms with Crippen LogP contribution in [0, 0.1) is 12.8 Å². The van der Waals surface area contributed by atoms with Gasteiger partial charge in [0.2, 0.25) is 5.91 Å². The third kappa shape index (κ3) is 4.98. The average Bonchev–Trinajstić information content (AvgIpc) is 3.08. The van der Waals surface area contributed by atoms with Gasteiger partial charge in [-0.1, -0.05) is 25.0 Å². The van der Waals surface area contributed by atoms with Crippen LogP contribution in [0.4, 0.5) is 0 Å². The number of ether oxygens (including phenoxy) is 2. The molecule has 1 aromatic carbocycles. The Morgan fingerprint density at radius 1 is 1.27 bits per heavy atom. The van der Waals surface area contributed by atoms with Crippen LogP contribution in [-0.2, 0) is 16.1 Å². The van der Waals surface area contributed by atoms with Crippen molar-refractivity contribution in [3.05, 3.63) is 29.3 Å². The van der Waals surface area contributed by atoms with Crippen LogP contribution in [0.2, 0.25) is 0 Å². The molecule has 2 fully saturated rings. The smallest absolute Gasteiger partial charge is 0.237 e. The van der Waals surface area contributed by atoms with Gasteiger partial charge in [0.15, 0.2) is 0 Å². The number of carbonyl (C=O) groups is 1. The van der Waals surface area contributed by atoms with E-state index in [4.69, 9.17) is 9.47 Å². The predicted octanol–water partition coefficient (Wildman–Crippen LogP) is 2.95. The minimum Gasteiger partial charge on any atom is -0.491 e. The van der Waals surface area contributed by atoms with Crippen molar-refractivity contribution in [1.29, 1.82) is 0 Å². The fourth-order valence-corrected chi connectivity index (χ4v) is 4.12. The number of rotatable bonds is 8. The van der Waals surface area contributed by atoms with Crippen LogP contribution in [0.15, 0.2) is 18.2 Å². The fraction of sp³-hybridized carbons (Fsp3) is 0.667. The van der Waals surface area contributed by atoms with Crippen LogP contribution in [0.25, 0.3) is 0 Å². The Morgan fingerprint density at radius 2 is 2.12 bits per heavy atom. The molecule has 0 bridgehead atoms. The minimum absolute atomic E-state index is 0.0455. The Labute approximate surface area is 156 Å². The first kappa shape index (κ1) is 19.2. The molecule has 2 N–H and O–H groups in total. The molecule has 3 atom stereocenters. The van der Waals surface area contributed by atoms with Gasteiger partial charge in [-0.15, -0.1) is 0 Å². The normalized spacial score (nSPS) is 24.9. The SMILES string of the molecule is CCOCCOc1cc(C)ccc1CNC(=O)C1CC2CCCCC2N1. The molecule has 3 unspecified atom stereocenters. The summed E-state index contributed by atoms with van der Waals surface area (Å²) in [6, 6.07) is 6.61. The van der Waals surface area contributed by atoms with E-state index >= 15 is 0 Å². The molecule has 1 amide bonds. The standard InChI is InChI=1S/C21H32N2O3/c1-3-25-10-11-26-20-12-15(2)8-9-17(20)14-22-21(24)19-13-16-6-4-5-7-18(16)23-19/h8-9,12,16,18-19,23H,3-7,10-11,13-14H2,1-2H3,(H,22,24). The van der Waals surface area contributed by atoms with E-state index in [1.165, 1.54) is 25.7 Å². The summed E-state index contributed by atoms with van der Waals surface area (Å²) in [7, 11) is 0. The molecule has 26 heavy (non-hydrogen) atoms. The van der Waals surface area contributed by atoms with E-state index in [1.807, 2.05) is 26.0 Å². The number of hydrogen-bond donors (Lipinski definition) is 2. The summed E-state index contributed by atoms with van der Waals surface area (Å²) in [4.78, 5) is 12.6. The summed E-state index contributed by atoms with van der Waals surface area (Å²) in [5, 5.41) is 6.64. The second-order valence-corrected chi connectivity index (χ2v) is 7.48. The third-order valence-corrected chi connectivity index (χ3v) is 5.54. The van der Waals surface area contributed by atoms with Crippen LogP contribution >= 0.6 is 0 Å². The van der Waals surface area contributed by atoms with E-state index in [1.54, 1.807) is 0 Å². The largest absolute Gasteiger partial charge is 0.491 e. The molecule has 0 spiro atoms. The maximum absolute atomic E-state index is 12.6. The topological polar surface area (TPSA) is 59.6 Å². The van der Waals surface area contributed by atoms with Gasteiger partial charge in [-0.2, -0.15) is 0 Å². The molecule has 1 aromatic rings. The van der Waals surface area contributed by atoms with Crippen molar-refractivity contribution in [3.8, 4) is 5.75 Å². The van der Waals surface area contributed by atoms with E-state index in [0.717, 1.165) is 23.3 Å². The van der Waals surface area contributed by atoms with Gasteiger partial charge < -0.3 is 20.1 Å². The zero-order chi connectivity index (χ0) is 18.4. The minimum atomic E-state index is -0.0455. The summed E-state index contributed by atoms with van der Waals surface area (Å²) in [6.45, 7) is 6.30. The lowest BCUT2D eigenvalue weighted by Crippen LogP contribution is -2.42. The zero-order valence-corrected chi connectivity index (χ0v) is 16.1. The Balaban J connectivity index is 1.52. The zero-order valence-electron chi connectivity index (χ0n) is 16.1. The Bertz CT molecular complexity index is 591. The second-order valence-electron chi connectivity index (χ2n) is 7.48. The Kier molecular flexibility index (Phi) is 6.92. The molecule has 0 radical (unpaired) electrons. The lowest BCUT2D eigenvalue weighted by Gasteiger charge is -2.24. The molecule has 1 aliphatic heterocycles. The molecule has 144 valence electrons. The average molecular weight is 360 g/mol. The summed E-state index contributed by atoms with van der Waals surface area (Å²) < 4.78 is 11.2. The molecular weight excluding hydrogens is 328 g/mol. The lowest BCUT2D eigenvalue weighted by molar-refractivity contribution is -0.123. The molecule has 5 nitrogen and oxygen atoms in total. The molecule has 5 heteroatoms. The Morgan fingerprint density at radius 3 is 2.92 bits per heavy atom. The first-order valence-corrected chi connectivity index (χ1v) is 10.0. The number of benzene rings is 1. The van der Waals surface area contributed by atoms with Gasteiger partial charge in [0.05, 0.1) is 12.6 Å². The predicted molar refractivity (Wildman–Crippen MR) is 102 cm³/mol. The van der Waals surface area contributed by atoms with E-state index in [2.05, 4.69) is 16.7 Å². The highest BCUT2D eigenvalue weighted by atomic mass is 16.5. The maximum Gasteiger partial charge on any atom is 0.237 e. The van der Waals surface area contributed by atoms with Gasteiger partial charge >= 0.3 is 0 Å². The number of hydrogen-bond acceptors (Lipinski definition) is 4. The first-order chi connectivity index (χ1) is 12.7. The van der Waals surface area contributed by atoms with E-state index in [0.29, 0.717) is 38.3 Å². The fourth-order valence-electron chi connectivity index (χ4n) is 4.12. The molecule has 0 aromatic heterocycles. The van der Waals surface area contributed by atoms with Crippen molar-refractivity contribution >= 4 is 5.91 Å². The van der Waals surface area contributed by atoms with Crippen molar-refractivity contribution in [2.24, 2.45) is 5.92 Å². The van der Waals surface area contributed by atoms with Crippen LogP contribution in [0.3, 0.4) is 0 Å². The van der Waals surface area contributed by atoms with E-state index in [-0.39, 0.29) is 11.9 Å². The Hall–Kier alpha value is -1.59. The van der Waals surface area contributed by atoms with Gasteiger partial charge in [0, 0.05) is 24.8 Å². The van der Waals surface area contributed by atoms with Crippen molar-refractivity contribution < 1.29 is 14.3 Å². The van der Waals surface area contributed by atoms with E-state index < -0.39 is 0 Å².